The van der Waals surface area contributed by atoms with Gasteiger partial charge in [-0.05, 0) is 29.5 Å². The van der Waals surface area contributed by atoms with Crippen LogP contribution in [0.2, 0.25) is 22.5 Å². The molecule has 3 rings (SSSR count). The zero-order valence-electron chi connectivity index (χ0n) is 25.9. The second kappa shape index (κ2) is 18.3. The molecule has 0 aliphatic carbocycles. The van der Waals surface area contributed by atoms with Gasteiger partial charge in [-0.15, -0.1) is 0 Å². The van der Waals surface area contributed by atoms with E-state index in [1.807, 2.05) is 0 Å². The van der Waals surface area contributed by atoms with E-state index >= 15 is 0 Å². The number of ether oxygens (including phenoxy) is 1. The van der Waals surface area contributed by atoms with Gasteiger partial charge in [0.2, 0.25) is 0 Å². The monoisotopic (exact) mass is 604 g/mol. The molecule has 0 unspecified atom stereocenters. The number of unbranched alkanes of at least 4 members (excludes halogenated alkanes) is 11. The maximum atomic E-state index is 5.89. The van der Waals surface area contributed by atoms with Gasteiger partial charge in [0.1, 0.15) is 0 Å². The summed E-state index contributed by atoms with van der Waals surface area (Å²) < 4.78 is 5.89. The second-order valence-electron chi connectivity index (χ2n) is 12.7. The normalized spacial score (nSPS) is 11.6. The summed E-state index contributed by atoms with van der Waals surface area (Å²) in [6.45, 7) is 3.02. The fourth-order valence-corrected chi connectivity index (χ4v) is 7.91. The molecule has 4 heteroatoms. The van der Waals surface area contributed by atoms with Crippen LogP contribution in [0.15, 0.2) is 60.9 Å². The number of aromatic nitrogens is 2. The molecule has 0 amide bonds. The molecule has 0 fully saturated rings. The predicted octanol–water partition coefficient (Wildman–Crippen LogP) is 11.2. The van der Waals surface area contributed by atoms with Gasteiger partial charge in [-0.3, -0.25) is 0 Å². The van der Waals surface area contributed by atoms with Crippen LogP contribution in [0.5, 0.6) is 5.75 Å². The van der Waals surface area contributed by atoms with Gasteiger partial charge in [0.15, 0.2) is 5.82 Å². The number of hydrogen-bond donors (Lipinski definition) is 0. The van der Waals surface area contributed by atoms with E-state index < -0.39 is 13.3 Å². The van der Waals surface area contributed by atoms with E-state index in [1.54, 1.807) is 12.4 Å². The number of hydrogen-bond acceptors (Lipinski definition) is 3. The topological polar surface area (TPSA) is 35.0 Å². The van der Waals surface area contributed by atoms with Gasteiger partial charge in [0.25, 0.3) is 0 Å². The van der Waals surface area contributed by atoms with Crippen molar-refractivity contribution in [2.45, 2.75) is 119 Å². The van der Waals surface area contributed by atoms with E-state index in [9.17, 15) is 0 Å². The third kappa shape index (κ3) is 13.0. The summed E-state index contributed by atoms with van der Waals surface area (Å²) >= 11 is -1.31. The fraction of sp³-hybridized carbons (Fsp3) is 0.556. The summed E-state index contributed by atoms with van der Waals surface area (Å²) in [6.07, 6.45) is 22.1. The van der Waals surface area contributed by atoms with Gasteiger partial charge in [-0.1, -0.05) is 87.6 Å². The van der Waals surface area contributed by atoms with Crippen molar-refractivity contribution >= 4 is 13.3 Å². The average molecular weight is 603 g/mol. The van der Waals surface area contributed by atoms with Crippen molar-refractivity contribution in [3.8, 4) is 28.3 Å². The molecule has 0 aliphatic rings. The van der Waals surface area contributed by atoms with Gasteiger partial charge < -0.3 is 0 Å². The molecule has 2 aromatic carbocycles. The van der Waals surface area contributed by atoms with Crippen molar-refractivity contribution < 1.29 is 4.74 Å². The summed E-state index contributed by atoms with van der Waals surface area (Å²) in [7, 11) is 0. The van der Waals surface area contributed by atoms with Crippen molar-refractivity contribution in [1.29, 1.82) is 0 Å². The molecule has 3 aromatic rings. The van der Waals surface area contributed by atoms with E-state index in [2.05, 4.69) is 82.7 Å². The Morgan fingerprint density at radius 2 is 1.07 bits per heavy atom. The maximum absolute atomic E-state index is 5.89. The quantitative estimate of drug-likeness (QED) is 0.0952. The SMILES string of the molecule is CCCCCCCCc1ccc(-c2ccc(-c3ncc(OCCCCCCCC[CH2][Ge]([CH3])([CH3])[CH3])cn3)cc2)cc1. The Morgan fingerprint density at radius 3 is 1.68 bits per heavy atom. The Balaban J connectivity index is 1.33. The zero-order valence-corrected chi connectivity index (χ0v) is 28.0. The summed E-state index contributed by atoms with van der Waals surface area (Å²) in [4.78, 5) is 9.11. The van der Waals surface area contributed by atoms with Crippen LogP contribution in [0.4, 0.5) is 0 Å². The molecule has 218 valence electrons. The Kier molecular flexibility index (Phi) is 14.8. The molecule has 0 saturated heterocycles. The minimum absolute atomic E-state index is 0.739. The molecule has 0 aliphatic heterocycles. The molecule has 0 spiro atoms. The van der Waals surface area contributed by atoms with Crippen molar-refractivity contribution in [1.82, 2.24) is 9.97 Å². The molecule has 40 heavy (non-hydrogen) atoms. The Hall–Kier alpha value is -2.14. The first kappa shape index (κ1) is 32.4. The molecule has 0 bridgehead atoms. The van der Waals surface area contributed by atoms with E-state index in [0.29, 0.717) is 0 Å². The fourth-order valence-electron chi connectivity index (χ4n) is 5.16. The minimum atomic E-state index is -1.31. The third-order valence-corrected chi connectivity index (χ3v) is 11.6. The van der Waals surface area contributed by atoms with Crippen molar-refractivity contribution in [2.24, 2.45) is 0 Å². The van der Waals surface area contributed by atoms with Crippen LogP contribution in [-0.2, 0) is 6.42 Å². The molecular formula is C36H54GeN2O. The van der Waals surface area contributed by atoms with Crippen molar-refractivity contribution in [3.63, 3.8) is 0 Å². The predicted molar refractivity (Wildman–Crippen MR) is 176 cm³/mol. The number of benzene rings is 2. The smallest absolute Gasteiger partial charge is 0.233 e. The summed E-state index contributed by atoms with van der Waals surface area (Å²) in [5.74, 6) is 9.06. The molecule has 0 atom stereocenters. The van der Waals surface area contributed by atoms with Crippen LogP contribution in [0.25, 0.3) is 22.5 Å². The Bertz CT molecular complexity index is 1060. The Morgan fingerprint density at radius 1 is 0.575 bits per heavy atom. The molecule has 0 N–H and O–H groups in total. The standard InChI is InChI=1S/C36H54GeN2O/c1-5-6-7-8-12-15-18-31-19-21-32(22-20-31)33-23-25-34(26-24-33)36-38-29-35(30-39-36)40-28-17-14-11-9-10-13-16-27-37(2,3)4/h19-26,29-30H,5-18,27-28H2,1-4H3. The van der Waals surface area contributed by atoms with Gasteiger partial charge in [-0.25, -0.2) is 9.97 Å². The third-order valence-electron chi connectivity index (χ3n) is 7.72. The Labute approximate surface area is 247 Å². The summed E-state index contributed by atoms with van der Waals surface area (Å²) in [6, 6.07) is 17.6. The number of nitrogens with zero attached hydrogens (tertiary/aromatic N) is 2. The molecule has 3 nitrogen and oxygen atoms in total. The molecule has 1 aromatic heterocycles. The van der Waals surface area contributed by atoms with Crippen molar-refractivity contribution in [3.05, 3.63) is 66.5 Å². The van der Waals surface area contributed by atoms with Gasteiger partial charge in [-0.2, -0.15) is 0 Å². The van der Waals surface area contributed by atoms with E-state index in [4.69, 9.17) is 4.74 Å². The first-order chi connectivity index (χ1) is 19.4. The molecule has 0 radical (unpaired) electrons. The van der Waals surface area contributed by atoms with Gasteiger partial charge in [0.05, 0.1) is 0 Å². The van der Waals surface area contributed by atoms with Crippen LogP contribution in [0.1, 0.15) is 96.0 Å². The molecule has 1 heterocycles. The second-order valence-corrected chi connectivity index (χ2v) is 24.5. The van der Waals surface area contributed by atoms with Crippen LogP contribution in [0, 0.1) is 0 Å². The number of aryl methyl sites for hydroxylation is 1. The average Bonchev–Trinajstić information content (AvgIpc) is 2.96. The number of rotatable bonds is 20. The molecule has 0 saturated carbocycles. The van der Waals surface area contributed by atoms with Crippen LogP contribution in [0.3, 0.4) is 0 Å². The van der Waals surface area contributed by atoms with E-state index in [1.165, 1.54) is 105 Å². The van der Waals surface area contributed by atoms with Crippen LogP contribution in [-0.4, -0.2) is 29.8 Å². The first-order valence-corrected chi connectivity index (χ1v) is 23.9. The molecular weight excluding hydrogens is 549 g/mol. The first-order valence-electron chi connectivity index (χ1n) is 16.1. The minimum Gasteiger partial charge on any atom is -0.233 e. The van der Waals surface area contributed by atoms with Crippen LogP contribution >= 0.6 is 0 Å². The summed E-state index contributed by atoms with van der Waals surface area (Å²) in [5, 5.41) is 1.52. The van der Waals surface area contributed by atoms with E-state index in [0.717, 1.165) is 30.2 Å². The van der Waals surface area contributed by atoms with Crippen molar-refractivity contribution in [2.75, 3.05) is 6.61 Å². The van der Waals surface area contributed by atoms with Gasteiger partial charge >= 0.3 is 110 Å². The van der Waals surface area contributed by atoms with Gasteiger partial charge in [0, 0.05) is 5.56 Å². The zero-order chi connectivity index (χ0) is 28.5. The van der Waals surface area contributed by atoms with E-state index in [-0.39, 0.29) is 0 Å². The van der Waals surface area contributed by atoms with Crippen LogP contribution < -0.4 is 4.74 Å². The summed E-state index contributed by atoms with van der Waals surface area (Å²) in [5.41, 5.74) is 4.95.